The number of urea groups is 1. The van der Waals surface area contributed by atoms with E-state index in [0.29, 0.717) is 5.69 Å². The first-order chi connectivity index (χ1) is 13.5. The van der Waals surface area contributed by atoms with Gasteiger partial charge in [0, 0.05) is 17.1 Å². The van der Waals surface area contributed by atoms with Gasteiger partial charge in [0.1, 0.15) is 11.6 Å². The zero-order valence-corrected chi connectivity index (χ0v) is 15.9. The van der Waals surface area contributed by atoms with Crippen molar-refractivity contribution in [2.75, 3.05) is 10.6 Å². The number of benzene rings is 2. The molecule has 28 heavy (non-hydrogen) atoms. The molecule has 2 amide bonds. The van der Waals surface area contributed by atoms with Crippen molar-refractivity contribution in [1.82, 2.24) is 10.3 Å². The molecule has 144 valence electrons. The Morgan fingerprint density at radius 3 is 2.82 bits per heavy atom. The van der Waals surface area contributed by atoms with E-state index in [4.69, 9.17) is 0 Å². The molecule has 3 N–H and O–H groups in total. The SMILES string of the molecule is CC(C)NC(=O)Nc1ccc2nc(NC3CCc4ccc(F)cc43)ccc2c1. The van der Waals surface area contributed by atoms with Crippen LogP contribution < -0.4 is 16.0 Å². The van der Waals surface area contributed by atoms with E-state index in [0.717, 1.165) is 35.1 Å². The third-order valence-corrected chi connectivity index (χ3v) is 4.87. The number of anilines is 2. The van der Waals surface area contributed by atoms with Crippen molar-refractivity contribution in [2.45, 2.75) is 38.8 Å². The molecule has 1 aromatic heterocycles. The van der Waals surface area contributed by atoms with Gasteiger partial charge in [-0.25, -0.2) is 14.2 Å². The normalized spacial score (nSPS) is 15.5. The number of hydrogen-bond donors (Lipinski definition) is 3. The van der Waals surface area contributed by atoms with Crippen LogP contribution in [0.1, 0.15) is 37.4 Å². The lowest BCUT2D eigenvalue weighted by Crippen LogP contribution is -2.34. The van der Waals surface area contributed by atoms with E-state index in [2.05, 4.69) is 20.9 Å². The van der Waals surface area contributed by atoms with E-state index in [9.17, 15) is 9.18 Å². The smallest absolute Gasteiger partial charge is 0.319 e. The molecular formula is C22H23FN4O. The summed E-state index contributed by atoms with van der Waals surface area (Å²) in [6.07, 6.45) is 1.86. The highest BCUT2D eigenvalue weighted by Crippen LogP contribution is 2.34. The Morgan fingerprint density at radius 1 is 1.14 bits per heavy atom. The summed E-state index contributed by atoms with van der Waals surface area (Å²) >= 11 is 0. The Balaban J connectivity index is 1.51. The minimum absolute atomic E-state index is 0.0660. The summed E-state index contributed by atoms with van der Waals surface area (Å²) in [6, 6.07) is 14.4. The molecule has 4 rings (SSSR count). The third-order valence-electron chi connectivity index (χ3n) is 4.87. The lowest BCUT2D eigenvalue weighted by Gasteiger charge is -2.15. The molecule has 3 aromatic rings. The van der Waals surface area contributed by atoms with Crippen LogP contribution >= 0.6 is 0 Å². The number of nitrogens with zero attached hydrogens (tertiary/aromatic N) is 1. The summed E-state index contributed by atoms with van der Waals surface area (Å²) in [5.74, 6) is 0.549. The molecule has 1 unspecified atom stereocenters. The summed E-state index contributed by atoms with van der Waals surface area (Å²) in [7, 11) is 0. The van der Waals surface area contributed by atoms with Gasteiger partial charge in [-0.2, -0.15) is 0 Å². The number of pyridine rings is 1. The number of aromatic nitrogens is 1. The standard InChI is InChI=1S/C22H23FN4O/c1-13(2)24-22(28)25-17-7-9-19-15(11-17)5-10-21(26-19)27-20-8-4-14-3-6-16(23)12-18(14)20/h3,5-7,9-13,20H,4,8H2,1-2H3,(H,26,27)(H2,24,25,28). The van der Waals surface area contributed by atoms with Crippen LogP contribution in [0.4, 0.5) is 20.7 Å². The van der Waals surface area contributed by atoms with Crippen molar-refractivity contribution in [3.8, 4) is 0 Å². The van der Waals surface area contributed by atoms with E-state index in [1.807, 2.05) is 50.2 Å². The van der Waals surface area contributed by atoms with Gasteiger partial charge in [0.15, 0.2) is 0 Å². The van der Waals surface area contributed by atoms with Crippen molar-refractivity contribution in [3.63, 3.8) is 0 Å². The van der Waals surface area contributed by atoms with Crippen LogP contribution in [0.5, 0.6) is 0 Å². The molecule has 1 atom stereocenters. The van der Waals surface area contributed by atoms with Gasteiger partial charge in [0.05, 0.1) is 11.6 Å². The Labute approximate surface area is 163 Å². The van der Waals surface area contributed by atoms with Crippen LogP contribution in [0.3, 0.4) is 0 Å². The first-order valence-electron chi connectivity index (χ1n) is 9.51. The quantitative estimate of drug-likeness (QED) is 0.598. The highest BCUT2D eigenvalue weighted by Gasteiger charge is 2.23. The van der Waals surface area contributed by atoms with Gasteiger partial charge in [-0.15, -0.1) is 0 Å². The predicted molar refractivity (Wildman–Crippen MR) is 110 cm³/mol. The van der Waals surface area contributed by atoms with Crippen molar-refractivity contribution < 1.29 is 9.18 Å². The molecule has 0 saturated heterocycles. The Kier molecular flexibility index (Phi) is 4.86. The summed E-state index contributed by atoms with van der Waals surface area (Å²) < 4.78 is 13.6. The number of rotatable bonds is 4. The number of carbonyl (C=O) groups excluding carboxylic acids is 1. The average Bonchev–Trinajstić information content (AvgIpc) is 3.03. The Bertz CT molecular complexity index is 1030. The van der Waals surface area contributed by atoms with Crippen LogP contribution in [0.15, 0.2) is 48.5 Å². The maximum absolute atomic E-state index is 13.6. The fraction of sp³-hybridized carbons (Fsp3) is 0.273. The largest absolute Gasteiger partial charge is 0.363 e. The molecule has 1 aliphatic carbocycles. The number of aryl methyl sites for hydroxylation is 1. The molecule has 5 nitrogen and oxygen atoms in total. The van der Waals surface area contributed by atoms with Gasteiger partial charge in [0.25, 0.3) is 0 Å². The third kappa shape index (κ3) is 3.91. The van der Waals surface area contributed by atoms with Gasteiger partial charge in [-0.1, -0.05) is 6.07 Å². The number of nitrogens with one attached hydrogen (secondary N) is 3. The minimum Gasteiger partial charge on any atom is -0.363 e. The van der Waals surface area contributed by atoms with Crippen molar-refractivity contribution >= 4 is 28.4 Å². The van der Waals surface area contributed by atoms with Gasteiger partial charge in [-0.05, 0) is 80.3 Å². The monoisotopic (exact) mass is 378 g/mol. The molecule has 0 aliphatic heterocycles. The molecule has 0 fully saturated rings. The first-order valence-corrected chi connectivity index (χ1v) is 9.51. The summed E-state index contributed by atoms with van der Waals surface area (Å²) in [4.78, 5) is 16.5. The molecule has 6 heteroatoms. The molecule has 1 heterocycles. The summed E-state index contributed by atoms with van der Waals surface area (Å²) in [5, 5.41) is 9.99. The van der Waals surface area contributed by atoms with E-state index in [-0.39, 0.29) is 23.9 Å². The number of fused-ring (bicyclic) bond motifs is 2. The number of halogens is 1. The zero-order valence-electron chi connectivity index (χ0n) is 15.9. The average molecular weight is 378 g/mol. The second kappa shape index (κ2) is 7.46. The molecule has 0 radical (unpaired) electrons. The van der Waals surface area contributed by atoms with Crippen LogP contribution in [0.2, 0.25) is 0 Å². The molecule has 0 spiro atoms. The lowest BCUT2D eigenvalue weighted by atomic mass is 10.1. The van der Waals surface area contributed by atoms with Crippen LogP contribution in [0, 0.1) is 5.82 Å². The van der Waals surface area contributed by atoms with E-state index >= 15 is 0 Å². The van der Waals surface area contributed by atoms with Crippen LogP contribution in [-0.4, -0.2) is 17.1 Å². The fourth-order valence-electron chi connectivity index (χ4n) is 3.61. The Hall–Kier alpha value is -3.15. The second-order valence-corrected chi connectivity index (χ2v) is 7.44. The van der Waals surface area contributed by atoms with E-state index in [1.54, 1.807) is 6.07 Å². The first kappa shape index (κ1) is 18.2. The van der Waals surface area contributed by atoms with Gasteiger partial charge in [-0.3, -0.25) is 0 Å². The molecule has 2 aromatic carbocycles. The van der Waals surface area contributed by atoms with E-state index < -0.39 is 0 Å². The number of amides is 2. The van der Waals surface area contributed by atoms with Gasteiger partial charge < -0.3 is 16.0 Å². The van der Waals surface area contributed by atoms with Crippen molar-refractivity contribution in [3.05, 3.63) is 65.5 Å². The molecule has 0 saturated carbocycles. The molecule has 0 bridgehead atoms. The topological polar surface area (TPSA) is 66.0 Å². The maximum atomic E-state index is 13.6. The summed E-state index contributed by atoms with van der Waals surface area (Å²) in [5.41, 5.74) is 3.75. The number of carbonyl (C=O) groups is 1. The van der Waals surface area contributed by atoms with Crippen LogP contribution in [-0.2, 0) is 6.42 Å². The lowest BCUT2D eigenvalue weighted by molar-refractivity contribution is 0.250. The molecular weight excluding hydrogens is 355 g/mol. The fourth-order valence-corrected chi connectivity index (χ4v) is 3.61. The highest BCUT2D eigenvalue weighted by molar-refractivity contribution is 5.93. The van der Waals surface area contributed by atoms with Crippen molar-refractivity contribution in [1.29, 1.82) is 0 Å². The predicted octanol–water partition coefficient (Wildman–Crippen LogP) is 5.00. The van der Waals surface area contributed by atoms with Crippen LogP contribution in [0.25, 0.3) is 10.9 Å². The van der Waals surface area contributed by atoms with E-state index in [1.165, 1.54) is 11.6 Å². The minimum atomic E-state index is -0.229. The second-order valence-electron chi connectivity index (χ2n) is 7.44. The molecule has 1 aliphatic rings. The maximum Gasteiger partial charge on any atom is 0.319 e. The van der Waals surface area contributed by atoms with Gasteiger partial charge in [0.2, 0.25) is 0 Å². The highest BCUT2D eigenvalue weighted by atomic mass is 19.1. The van der Waals surface area contributed by atoms with Crippen molar-refractivity contribution in [2.24, 2.45) is 0 Å². The summed E-state index contributed by atoms with van der Waals surface area (Å²) in [6.45, 7) is 3.82. The zero-order chi connectivity index (χ0) is 19.7. The number of hydrogen-bond acceptors (Lipinski definition) is 3. The Morgan fingerprint density at radius 2 is 2.00 bits per heavy atom. The van der Waals surface area contributed by atoms with Gasteiger partial charge >= 0.3 is 6.03 Å².